The standard InChI is InChI=1S/C74H90N8O10S2/c1-3-15-71(77-41-37-75(38-42-77)61-17-13-19-65-59(61)35-45-93-65)91-57-31-25-53-27-33-69(85)81(63(53)47-57)51-89-73(87)23-11-7-5-9-21-67(83)79-49-56-30-29-55(79)50-80(56)68(84)22-10-6-8-12-24-74(88)90-52-82-64-48-58(32-26-54(64)28-34-70(82)86)92-72(16-4-2)78-43-39-76(40-44-78)62-18-14-20-66-60(62)36-46-94-66/h13-14,17-20,25-28,31-36,45-48,55-56,71-72H,3-12,15-16,21-24,29-30,37-44,49-52H2,1-2H3. The summed E-state index contributed by atoms with van der Waals surface area (Å²) in [5.41, 5.74) is 3.34. The number of piperidine rings is 2. The van der Waals surface area contributed by atoms with Crippen LogP contribution in [0.3, 0.4) is 0 Å². The molecule has 5 aliphatic rings. The first-order valence-corrected chi connectivity index (χ1v) is 36.2. The highest BCUT2D eigenvalue weighted by Crippen LogP contribution is 2.35. The Kier molecular flexibility index (Phi) is 22.3. The van der Waals surface area contributed by atoms with Gasteiger partial charge in [0, 0.05) is 159 Å². The van der Waals surface area contributed by atoms with Crippen LogP contribution in [0, 0.1) is 0 Å². The minimum atomic E-state index is -0.374. The van der Waals surface area contributed by atoms with Crippen molar-refractivity contribution in [3.05, 3.63) is 141 Å². The molecule has 18 nitrogen and oxygen atoms in total. The third-order valence-corrected chi connectivity index (χ3v) is 21.3. The quantitative estimate of drug-likeness (QED) is 0.0308. The molecule has 4 aromatic heterocycles. The molecule has 4 aromatic carbocycles. The zero-order valence-electron chi connectivity index (χ0n) is 54.5. The Morgan fingerprint density at radius 1 is 0.479 bits per heavy atom. The molecule has 13 rings (SSSR count). The Hall–Kier alpha value is -7.78. The normalized spacial score (nSPS) is 17.7. The first kappa shape index (κ1) is 66.2. The number of thiophene rings is 2. The van der Waals surface area contributed by atoms with Crippen LogP contribution in [-0.4, -0.2) is 142 Å². The topological polar surface area (TPSA) is 169 Å². The maximum Gasteiger partial charge on any atom is 0.307 e. The summed E-state index contributed by atoms with van der Waals surface area (Å²) in [5.74, 6) is 0.832. The largest absolute Gasteiger partial charge is 0.475 e. The number of nitrogens with zero attached hydrogens (tertiary/aromatic N) is 8. The van der Waals surface area contributed by atoms with Gasteiger partial charge in [0.15, 0.2) is 25.9 Å². The van der Waals surface area contributed by atoms with Gasteiger partial charge in [0.2, 0.25) is 11.8 Å². The summed E-state index contributed by atoms with van der Waals surface area (Å²) in [6.07, 6.45) is 12.3. The average molecular weight is 1320 g/mol. The van der Waals surface area contributed by atoms with Crippen LogP contribution in [0.25, 0.3) is 42.0 Å². The third-order valence-electron chi connectivity index (χ3n) is 19.5. The van der Waals surface area contributed by atoms with Gasteiger partial charge in [-0.15, -0.1) is 22.7 Å². The number of hydrogen-bond acceptors (Lipinski definition) is 16. The molecule has 0 spiro atoms. The van der Waals surface area contributed by atoms with Crippen LogP contribution in [0.4, 0.5) is 11.4 Å². The van der Waals surface area contributed by atoms with Crippen molar-refractivity contribution >= 4 is 99.8 Å². The highest BCUT2D eigenvalue weighted by Gasteiger charge is 2.42. The number of carbonyl (C=O) groups is 4. The molecule has 2 amide bonds. The SMILES string of the molecule is CCCC(Oc1ccc2ccc(=O)n(COC(=O)CCCCCCC(=O)N3CC4CCC3CN4C(=O)CCCCCCC(=O)OCn3c(=O)ccc4ccc(OC(CCC)N5CCN(c6cccc7sccc67)CC5)cc43)c2c1)N1CCN(c2cccc3sccc23)CC1. The van der Waals surface area contributed by atoms with Gasteiger partial charge in [0.25, 0.3) is 11.1 Å². The average Bonchev–Trinajstić information content (AvgIpc) is 1.00. The number of esters is 2. The molecule has 5 saturated heterocycles. The van der Waals surface area contributed by atoms with Crippen LogP contribution in [0.2, 0.25) is 0 Å². The minimum absolute atomic E-state index is 0.0209. The Morgan fingerprint density at radius 3 is 1.29 bits per heavy atom. The molecular weight excluding hydrogens is 1220 g/mol. The summed E-state index contributed by atoms with van der Waals surface area (Å²) in [4.78, 5) is 93.2. The minimum Gasteiger partial charge on any atom is -0.475 e. The van der Waals surface area contributed by atoms with E-state index in [-0.39, 0.29) is 85.7 Å². The zero-order valence-corrected chi connectivity index (χ0v) is 56.2. The molecule has 20 heteroatoms. The predicted molar refractivity (Wildman–Crippen MR) is 374 cm³/mol. The van der Waals surface area contributed by atoms with E-state index in [1.165, 1.54) is 52.8 Å². The van der Waals surface area contributed by atoms with Gasteiger partial charge in [-0.05, 0) is 146 Å². The van der Waals surface area contributed by atoms with E-state index in [0.29, 0.717) is 61.3 Å². The van der Waals surface area contributed by atoms with Crippen LogP contribution >= 0.6 is 22.7 Å². The number of anilines is 2. The number of piperazine rings is 3. The van der Waals surface area contributed by atoms with Gasteiger partial charge in [0.1, 0.15) is 11.5 Å². The molecule has 5 fully saturated rings. The number of benzene rings is 4. The second kappa shape index (κ2) is 31.6. The van der Waals surface area contributed by atoms with E-state index >= 15 is 0 Å². The third kappa shape index (κ3) is 16.0. The Balaban J connectivity index is 0.516. The molecule has 4 unspecified atom stereocenters. The number of unbranched alkanes of at least 4 members (excludes halogenated alkanes) is 6. The fourth-order valence-electron chi connectivity index (χ4n) is 14.3. The number of amides is 2. The number of hydrogen-bond donors (Lipinski definition) is 0. The smallest absolute Gasteiger partial charge is 0.307 e. The van der Waals surface area contributed by atoms with Crippen molar-refractivity contribution in [2.45, 2.75) is 167 Å². The second-order valence-corrected chi connectivity index (χ2v) is 27.6. The molecule has 4 atom stereocenters. The lowest BCUT2D eigenvalue weighted by Crippen LogP contribution is -2.65. The fourth-order valence-corrected chi connectivity index (χ4v) is 16.0. The number of ether oxygens (including phenoxy) is 4. The van der Waals surface area contributed by atoms with E-state index in [9.17, 15) is 28.8 Å². The summed E-state index contributed by atoms with van der Waals surface area (Å²) < 4.78 is 30.3. The van der Waals surface area contributed by atoms with Crippen LogP contribution in [0.1, 0.15) is 129 Å². The van der Waals surface area contributed by atoms with Crippen molar-refractivity contribution in [3.63, 3.8) is 0 Å². The van der Waals surface area contributed by atoms with Gasteiger partial charge in [0.05, 0.1) is 11.0 Å². The van der Waals surface area contributed by atoms with Crippen LogP contribution < -0.4 is 30.4 Å². The van der Waals surface area contributed by atoms with Gasteiger partial charge in [-0.25, -0.2) is 0 Å². The van der Waals surface area contributed by atoms with Gasteiger partial charge in [-0.3, -0.25) is 47.7 Å². The Bertz CT molecular complexity index is 3780. The first-order chi connectivity index (χ1) is 46.0. The number of carbonyl (C=O) groups excluding carboxylic acids is 4. The molecule has 0 radical (unpaired) electrons. The Morgan fingerprint density at radius 2 is 0.883 bits per heavy atom. The van der Waals surface area contributed by atoms with Crippen molar-refractivity contribution in [1.82, 2.24) is 28.7 Å². The molecule has 8 aromatic rings. The fraction of sp³-hybridized carbons (Fsp3) is 0.486. The molecule has 2 bridgehead atoms. The van der Waals surface area contributed by atoms with E-state index in [4.69, 9.17) is 18.9 Å². The molecule has 0 N–H and O–H groups in total. The first-order valence-electron chi connectivity index (χ1n) is 34.4. The zero-order chi connectivity index (χ0) is 64.9. The molecular formula is C74H90N8O10S2. The predicted octanol–water partition coefficient (Wildman–Crippen LogP) is 13.0. The van der Waals surface area contributed by atoms with Gasteiger partial charge >= 0.3 is 11.9 Å². The number of fused-ring (bicyclic) bond motifs is 7. The summed E-state index contributed by atoms with van der Waals surface area (Å²) in [6.45, 7) is 12.2. The van der Waals surface area contributed by atoms with E-state index in [1.807, 2.05) is 46.2 Å². The van der Waals surface area contributed by atoms with E-state index < -0.39 is 0 Å². The van der Waals surface area contributed by atoms with Crippen LogP contribution in [-0.2, 0) is 42.1 Å². The van der Waals surface area contributed by atoms with E-state index in [0.717, 1.165) is 140 Å². The molecule has 0 aliphatic carbocycles. The van der Waals surface area contributed by atoms with Gasteiger partial charge < -0.3 is 38.5 Å². The molecule has 94 heavy (non-hydrogen) atoms. The highest BCUT2D eigenvalue weighted by molar-refractivity contribution is 7.17. The van der Waals surface area contributed by atoms with Crippen LogP contribution in [0.5, 0.6) is 11.5 Å². The summed E-state index contributed by atoms with van der Waals surface area (Å²) >= 11 is 3.54. The second-order valence-electron chi connectivity index (χ2n) is 25.7. The maximum atomic E-state index is 13.5. The summed E-state index contributed by atoms with van der Waals surface area (Å²) in [5, 5.41) is 8.61. The van der Waals surface area contributed by atoms with Gasteiger partial charge in [-0.1, -0.05) is 64.5 Å². The van der Waals surface area contributed by atoms with E-state index in [2.05, 4.69) is 92.7 Å². The number of aromatic nitrogens is 2. The van der Waals surface area contributed by atoms with E-state index in [1.54, 1.807) is 34.8 Å². The monoisotopic (exact) mass is 1310 g/mol. The van der Waals surface area contributed by atoms with Crippen LogP contribution in [0.15, 0.2) is 130 Å². The summed E-state index contributed by atoms with van der Waals surface area (Å²) in [6, 6.07) is 35.7. The van der Waals surface area contributed by atoms with Crippen molar-refractivity contribution in [3.8, 4) is 11.5 Å². The lowest BCUT2D eigenvalue weighted by Gasteiger charge is -2.51. The molecule has 9 heterocycles. The summed E-state index contributed by atoms with van der Waals surface area (Å²) in [7, 11) is 0. The van der Waals surface area contributed by atoms with Crippen molar-refractivity contribution in [2.75, 3.05) is 75.2 Å². The van der Waals surface area contributed by atoms with Crippen molar-refractivity contribution in [2.24, 2.45) is 0 Å². The lowest BCUT2D eigenvalue weighted by molar-refractivity contribution is -0.152. The highest BCUT2D eigenvalue weighted by atomic mass is 32.1. The lowest BCUT2D eigenvalue weighted by atomic mass is 9.89. The van der Waals surface area contributed by atoms with Crippen molar-refractivity contribution < 1.29 is 38.1 Å². The molecule has 0 saturated carbocycles. The molecule has 498 valence electrons. The molecule has 5 aliphatic heterocycles. The van der Waals surface area contributed by atoms with Crippen molar-refractivity contribution in [1.29, 1.82) is 0 Å². The number of rotatable bonds is 30. The maximum absolute atomic E-state index is 13.5. The van der Waals surface area contributed by atoms with Gasteiger partial charge in [-0.2, -0.15) is 0 Å². The Labute approximate surface area is 558 Å². The number of pyridine rings is 2.